The summed E-state index contributed by atoms with van der Waals surface area (Å²) < 4.78 is 49.7. The van der Waals surface area contributed by atoms with E-state index in [4.69, 9.17) is 9.47 Å². The topological polar surface area (TPSA) is 18.5 Å². The van der Waals surface area contributed by atoms with Crippen molar-refractivity contribution in [2.75, 3.05) is 13.2 Å². The van der Waals surface area contributed by atoms with E-state index in [1.807, 2.05) is 13.0 Å². The first-order valence-corrected chi connectivity index (χ1v) is 5.86. The van der Waals surface area contributed by atoms with Crippen LogP contribution in [0.5, 0.6) is 0 Å². The molecule has 0 radical (unpaired) electrons. The molecule has 1 heterocycles. The summed E-state index contributed by atoms with van der Waals surface area (Å²) in [5.41, 5.74) is 1.52. The molecule has 2 rings (SSSR count). The van der Waals surface area contributed by atoms with Gasteiger partial charge in [-0.15, -0.1) is 0 Å². The quantitative estimate of drug-likeness (QED) is 0.812. The summed E-state index contributed by atoms with van der Waals surface area (Å²) in [5.74, 6) is -2.59. The van der Waals surface area contributed by atoms with Gasteiger partial charge in [-0.2, -0.15) is 13.2 Å². The van der Waals surface area contributed by atoms with Gasteiger partial charge in [0, 0.05) is 5.56 Å². The molecular weight excluding hydrogens is 245 g/mol. The lowest BCUT2D eigenvalue weighted by Gasteiger charge is -2.31. The molecule has 100 valence electrons. The van der Waals surface area contributed by atoms with Gasteiger partial charge in [-0.1, -0.05) is 25.1 Å². The number of hydrogen-bond acceptors (Lipinski definition) is 2. The first-order chi connectivity index (χ1) is 8.42. The Hall–Kier alpha value is -1.07. The Morgan fingerprint density at radius 3 is 2.33 bits per heavy atom. The Morgan fingerprint density at radius 1 is 1.22 bits per heavy atom. The van der Waals surface area contributed by atoms with Gasteiger partial charge in [-0.3, -0.25) is 0 Å². The van der Waals surface area contributed by atoms with Crippen molar-refractivity contribution in [3.8, 4) is 0 Å². The van der Waals surface area contributed by atoms with Crippen LogP contribution in [-0.4, -0.2) is 19.4 Å². The van der Waals surface area contributed by atoms with Gasteiger partial charge in [0.25, 0.3) is 5.79 Å². The molecular formula is C13H15F3O2. The second-order valence-electron chi connectivity index (χ2n) is 4.25. The Kier molecular flexibility index (Phi) is 3.38. The van der Waals surface area contributed by atoms with Gasteiger partial charge in [-0.25, -0.2) is 0 Å². The zero-order valence-electron chi connectivity index (χ0n) is 10.3. The molecule has 5 heteroatoms. The predicted molar refractivity (Wildman–Crippen MR) is 60.2 cm³/mol. The minimum Gasteiger partial charge on any atom is -0.336 e. The van der Waals surface area contributed by atoms with Crippen molar-refractivity contribution in [1.82, 2.24) is 0 Å². The van der Waals surface area contributed by atoms with E-state index in [9.17, 15) is 13.2 Å². The second-order valence-corrected chi connectivity index (χ2v) is 4.25. The Balaban J connectivity index is 2.57. The van der Waals surface area contributed by atoms with Crippen LogP contribution < -0.4 is 0 Å². The highest BCUT2D eigenvalue weighted by molar-refractivity contribution is 5.38. The van der Waals surface area contributed by atoms with Crippen molar-refractivity contribution in [3.05, 3.63) is 34.9 Å². The summed E-state index contributed by atoms with van der Waals surface area (Å²) in [5, 5.41) is 0. The van der Waals surface area contributed by atoms with Crippen LogP contribution in [0.3, 0.4) is 0 Å². The van der Waals surface area contributed by atoms with E-state index in [2.05, 4.69) is 0 Å². The maximum absolute atomic E-state index is 13.3. The number of ether oxygens (including phenoxy) is 2. The van der Waals surface area contributed by atoms with Gasteiger partial charge in [0.15, 0.2) is 0 Å². The Labute approximate surface area is 104 Å². The van der Waals surface area contributed by atoms with Crippen molar-refractivity contribution < 1.29 is 22.6 Å². The standard InChI is InChI=1S/C13H15F3O2/c1-3-10-5-4-6-11(9(10)2)12(13(14,15)16)17-7-8-18-12/h4-6H,3,7-8H2,1-2H3. The molecule has 0 spiro atoms. The number of benzene rings is 1. The van der Waals surface area contributed by atoms with E-state index in [-0.39, 0.29) is 18.8 Å². The zero-order chi connectivity index (χ0) is 13.4. The monoisotopic (exact) mass is 260 g/mol. The van der Waals surface area contributed by atoms with E-state index in [0.717, 1.165) is 5.56 Å². The molecule has 1 aromatic carbocycles. The first kappa shape index (κ1) is 13.4. The molecule has 0 aromatic heterocycles. The molecule has 0 atom stereocenters. The maximum atomic E-state index is 13.3. The number of rotatable bonds is 2. The van der Waals surface area contributed by atoms with Crippen molar-refractivity contribution >= 4 is 0 Å². The number of aryl methyl sites for hydroxylation is 1. The third-order valence-corrected chi connectivity index (χ3v) is 3.25. The van der Waals surface area contributed by atoms with Gasteiger partial charge in [0.1, 0.15) is 0 Å². The summed E-state index contributed by atoms with van der Waals surface area (Å²) in [7, 11) is 0. The summed E-state index contributed by atoms with van der Waals surface area (Å²) >= 11 is 0. The summed E-state index contributed by atoms with van der Waals surface area (Å²) in [6.07, 6.45) is -3.91. The minimum absolute atomic E-state index is 0.0463. The average molecular weight is 260 g/mol. The van der Waals surface area contributed by atoms with Crippen molar-refractivity contribution in [2.24, 2.45) is 0 Å². The summed E-state index contributed by atoms with van der Waals surface area (Å²) in [6.45, 7) is 3.49. The molecule has 0 amide bonds. The molecule has 0 unspecified atom stereocenters. The molecule has 18 heavy (non-hydrogen) atoms. The van der Waals surface area contributed by atoms with Gasteiger partial charge in [0.2, 0.25) is 0 Å². The molecule has 2 nitrogen and oxygen atoms in total. The van der Waals surface area contributed by atoms with Crippen LogP contribution >= 0.6 is 0 Å². The molecule has 1 aliphatic heterocycles. The van der Waals surface area contributed by atoms with E-state index >= 15 is 0 Å². The van der Waals surface area contributed by atoms with Crippen LogP contribution in [0.25, 0.3) is 0 Å². The lowest BCUT2D eigenvalue weighted by Crippen LogP contribution is -2.44. The largest absolute Gasteiger partial charge is 0.448 e. The summed E-state index contributed by atoms with van der Waals surface area (Å²) in [4.78, 5) is 0. The van der Waals surface area contributed by atoms with Crippen LogP contribution in [0, 0.1) is 6.92 Å². The zero-order valence-corrected chi connectivity index (χ0v) is 10.3. The van der Waals surface area contributed by atoms with E-state index < -0.39 is 12.0 Å². The van der Waals surface area contributed by atoms with Gasteiger partial charge in [0.05, 0.1) is 13.2 Å². The SMILES string of the molecule is CCc1cccc(C2(C(F)(F)F)OCCO2)c1C. The van der Waals surface area contributed by atoms with Crippen molar-refractivity contribution in [1.29, 1.82) is 0 Å². The van der Waals surface area contributed by atoms with Crippen molar-refractivity contribution in [2.45, 2.75) is 32.2 Å². The maximum Gasteiger partial charge on any atom is 0.448 e. The molecule has 1 aromatic rings. The van der Waals surface area contributed by atoms with Gasteiger partial charge in [-0.05, 0) is 24.5 Å². The fourth-order valence-electron chi connectivity index (χ4n) is 2.31. The van der Waals surface area contributed by atoms with Crippen LogP contribution in [0.15, 0.2) is 18.2 Å². The van der Waals surface area contributed by atoms with Crippen LogP contribution in [0.4, 0.5) is 13.2 Å². The predicted octanol–water partition coefficient (Wildman–Crippen LogP) is 3.32. The van der Waals surface area contributed by atoms with Gasteiger partial charge >= 0.3 is 6.18 Å². The minimum atomic E-state index is -4.58. The molecule has 0 aliphatic carbocycles. The van der Waals surface area contributed by atoms with Crippen molar-refractivity contribution in [3.63, 3.8) is 0 Å². The number of halogens is 3. The first-order valence-electron chi connectivity index (χ1n) is 5.86. The van der Waals surface area contributed by atoms with E-state index in [1.54, 1.807) is 13.0 Å². The Morgan fingerprint density at radius 2 is 1.83 bits per heavy atom. The molecule has 1 aliphatic rings. The lowest BCUT2D eigenvalue weighted by atomic mass is 9.94. The molecule has 1 saturated heterocycles. The molecule has 0 bridgehead atoms. The van der Waals surface area contributed by atoms with E-state index in [1.165, 1.54) is 6.07 Å². The molecule has 0 N–H and O–H groups in total. The lowest BCUT2D eigenvalue weighted by molar-refractivity contribution is -0.353. The normalized spacial score (nSPS) is 19.2. The van der Waals surface area contributed by atoms with Crippen LogP contribution in [-0.2, 0) is 21.7 Å². The Bertz CT molecular complexity index is 434. The highest BCUT2D eigenvalue weighted by Crippen LogP contribution is 2.47. The number of hydrogen-bond donors (Lipinski definition) is 0. The smallest absolute Gasteiger partial charge is 0.336 e. The number of alkyl halides is 3. The second kappa shape index (κ2) is 4.55. The fourth-order valence-corrected chi connectivity index (χ4v) is 2.31. The van der Waals surface area contributed by atoms with Crippen LogP contribution in [0.1, 0.15) is 23.6 Å². The fraction of sp³-hybridized carbons (Fsp3) is 0.538. The highest BCUT2D eigenvalue weighted by atomic mass is 19.4. The van der Waals surface area contributed by atoms with Gasteiger partial charge < -0.3 is 9.47 Å². The van der Waals surface area contributed by atoms with E-state index in [0.29, 0.717) is 12.0 Å². The third-order valence-electron chi connectivity index (χ3n) is 3.25. The highest BCUT2D eigenvalue weighted by Gasteiger charge is 2.61. The third kappa shape index (κ3) is 1.91. The summed E-state index contributed by atoms with van der Waals surface area (Å²) in [6, 6.07) is 4.85. The van der Waals surface area contributed by atoms with Crippen LogP contribution in [0.2, 0.25) is 0 Å². The average Bonchev–Trinajstić information content (AvgIpc) is 2.79. The molecule has 1 fully saturated rings. The molecule has 0 saturated carbocycles.